The SMILES string of the molecule is CON(C)C(=O)C[C@H](NC(=O)C(F)(F)F)C(=O)ON1C(=O)CCC1=O. The Hall–Kier alpha value is -2.70. The molecule has 0 unspecified atom stereocenters. The van der Waals surface area contributed by atoms with Gasteiger partial charge in [0, 0.05) is 19.9 Å². The molecule has 0 aromatic rings. The molecule has 0 radical (unpaired) electrons. The highest BCUT2D eigenvalue weighted by Crippen LogP contribution is 2.17. The largest absolute Gasteiger partial charge is 0.471 e. The van der Waals surface area contributed by atoms with Gasteiger partial charge >= 0.3 is 18.1 Å². The average molecular weight is 369 g/mol. The maximum Gasteiger partial charge on any atom is 0.471 e. The lowest BCUT2D eigenvalue weighted by Crippen LogP contribution is -2.51. The van der Waals surface area contributed by atoms with Crippen LogP contribution in [0.15, 0.2) is 0 Å². The molecule has 10 nitrogen and oxygen atoms in total. The number of alkyl halides is 3. The number of carbonyl (C=O) groups is 5. The van der Waals surface area contributed by atoms with E-state index >= 15 is 0 Å². The van der Waals surface area contributed by atoms with E-state index in [1.807, 2.05) is 0 Å². The van der Waals surface area contributed by atoms with E-state index in [4.69, 9.17) is 0 Å². The molecule has 0 bridgehead atoms. The van der Waals surface area contributed by atoms with Crippen molar-refractivity contribution in [2.24, 2.45) is 0 Å². The lowest BCUT2D eigenvalue weighted by atomic mass is 10.2. The highest BCUT2D eigenvalue weighted by Gasteiger charge is 2.43. The first-order valence-electron chi connectivity index (χ1n) is 6.73. The third-order valence-electron chi connectivity index (χ3n) is 3.04. The summed E-state index contributed by atoms with van der Waals surface area (Å²) < 4.78 is 37.1. The second-order valence-electron chi connectivity index (χ2n) is 4.79. The molecule has 0 aliphatic carbocycles. The Bertz CT molecular complexity index is 577. The Kier molecular flexibility index (Phi) is 6.44. The number of hydrogen-bond acceptors (Lipinski definition) is 7. The zero-order valence-electron chi connectivity index (χ0n) is 13.1. The molecule has 1 saturated heterocycles. The number of amides is 4. The molecule has 1 atom stereocenters. The van der Waals surface area contributed by atoms with E-state index in [9.17, 15) is 37.1 Å². The van der Waals surface area contributed by atoms with Crippen molar-refractivity contribution in [1.82, 2.24) is 15.4 Å². The molecule has 0 aromatic heterocycles. The van der Waals surface area contributed by atoms with Crippen molar-refractivity contribution < 1.29 is 46.8 Å². The highest BCUT2D eigenvalue weighted by molar-refractivity contribution is 6.02. The molecule has 0 aromatic carbocycles. The van der Waals surface area contributed by atoms with Gasteiger partial charge in [0.1, 0.15) is 6.04 Å². The maximum absolute atomic E-state index is 12.4. The van der Waals surface area contributed by atoms with Crippen molar-refractivity contribution in [2.45, 2.75) is 31.5 Å². The Morgan fingerprint density at radius 1 is 1.24 bits per heavy atom. The molecule has 4 amide bonds. The molecule has 1 aliphatic rings. The Balaban J connectivity index is 2.90. The summed E-state index contributed by atoms with van der Waals surface area (Å²) in [5.74, 6) is -6.80. The van der Waals surface area contributed by atoms with Gasteiger partial charge in [-0.25, -0.2) is 9.86 Å². The standard InChI is InChI=1S/C12H14F3N3O7/c1-17(24-2)9(21)5-6(16-11(23)12(13,14)15)10(22)25-18-7(19)3-4-8(18)20/h6H,3-5H2,1-2H3,(H,16,23)/t6-/m0/s1. The summed E-state index contributed by atoms with van der Waals surface area (Å²) >= 11 is 0. The second-order valence-corrected chi connectivity index (χ2v) is 4.79. The Morgan fingerprint density at radius 3 is 2.20 bits per heavy atom. The summed E-state index contributed by atoms with van der Waals surface area (Å²) in [6, 6.07) is -2.10. The smallest absolute Gasteiger partial charge is 0.334 e. The first-order valence-corrected chi connectivity index (χ1v) is 6.73. The lowest BCUT2D eigenvalue weighted by Gasteiger charge is -2.22. The first-order chi connectivity index (χ1) is 11.5. The minimum absolute atomic E-state index is 0.0829. The minimum atomic E-state index is -5.33. The van der Waals surface area contributed by atoms with Crippen LogP contribution < -0.4 is 5.32 Å². The number of halogens is 3. The Labute approximate surface area is 138 Å². The van der Waals surface area contributed by atoms with Crippen LogP contribution in [0.1, 0.15) is 19.3 Å². The van der Waals surface area contributed by atoms with E-state index in [2.05, 4.69) is 9.68 Å². The van der Waals surface area contributed by atoms with E-state index in [1.54, 1.807) is 0 Å². The summed E-state index contributed by atoms with van der Waals surface area (Å²) in [6.07, 6.45) is -6.76. The quantitative estimate of drug-likeness (QED) is 0.473. The average Bonchev–Trinajstić information content (AvgIpc) is 2.83. The van der Waals surface area contributed by atoms with E-state index in [1.165, 1.54) is 5.32 Å². The van der Waals surface area contributed by atoms with Gasteiger partial charge in [-0.15, -0.1) is 5.06 Å². The Morgan fingerprint density at radius 2 is 1.76 bits per heavy atom. The van der Waals surface area contributed by atoms with Crippen molar-refractivity contribution >= 4 is 29.6 Å². The van der Waals surface area contributed by atoms with Gasteiger partial charge in [-0.1, -0.05) is 0 Å². The minimum Gasteiger partial charge on any atom is -0.334 e. The van der Waals surface area contributed by atoms with Crippen LogP contribution in [0, 0.1) is 0 Å². The van der Waals surface area contributed by atoms with Crippen molar-refractivity contribution in [3.63, 3.8) is 0 Å². The maximum atomic E-state index is 12.4. The van der Waals surface area contributed by atoms with E-state index < -0.39 is 48.2 Å². The third kappa shape index (κ3) is 5.41. The van der Waals surface area contributed by atoms with E-state index in [0.717, 1.165) is 14.2 Å². The van der Waals surface area contributed by atoms with Gasteiger partial charge in [0.2, 0.25) is 5.91 Å². The van der Waals surface area contributed by atoms with Gasteiger partial charge in [-0.2, -0.15) is 13.2 Å². The van der Waals surface area contributed by atoms with Gasteiger partial charge < -0.3 is 10.2 Å². The zero-order chi connectivity index (χ0) is 19.4. The third-order valence-corrected chi connectivity index (χ3v) is 3.04. The molecular weight excluding hydrogens is 355 g/mol. The topological polar surface area (TPSA) is 122 Å². The van der Waals surface area contributed by atoms with Crippen molar-refractivity contribution in [1.29, 1.82) is 0 Å². The second kappa shape index (κ2) is 7.92. The van der Waals surface area contributed by atoms with Crippen LogP contribution in [0.4, 0.5) is 13.2 Å². The molecular formula is C12H14F3N3O7. The number of carbonyl (C=O) groups excluding carboxylic acids is 5. The van der Waals surface area contributed by atoms with E-state index in [-0.39, 0.29) is 17.9 Å². The summed E-state index contributed by atoms with van der Waals surface area (Å²) in [7, 11) is 2.20. The number of nitrogens with one attached hydrogen (secondary N) is 1. The van der Waals surface area contributed by atoms with Crippen LogP contribution in [0.2, 0.25) is 0 Å². The predicted molar refractivity (Wildman–Crippen MR) is 69.6 cm³/mol. The number of imide groups is 1. The van der Waals surface area contributed by atoms with Crippen LogP contribution in [-0.4, -0.2) is 66.1 Å². The fourth-order valence-electron chi connectivity index (χ4n) is 1.65. The first kappa shape index (κ1) is 20.3. The number of hydroxylamine groups is 4. The van der Waals surface area contributed by atoms with Crippen molar-refractivity contribution in [2.75, 3.05) is 14.2 Å². The lowest BCUT2D eigenvalue weighted by molar-refractivity contribution is -0.201. The molecule has 0 saturated carbocycles. The van der Waals surface area contributed by atoms with Crippen LogP contribution >= 0.6 is 0 Å². The number of rotatable bonds is 6. The normalized spacial score (nSPS) is 15.8. The molecule has 140 valence electrons. The monoisotopic (exact) mass is 369 g/mol. The fourth-order valence-corrected chi connectivity index (χ4v) is 1.65. The van der Waals surface area contributed by atoms with Gasteiger partial charge in [0.25, 0.3) is 11.8 Å². The predicted octanol–water partition coefficient (Wildman–Crippen LogP) is -0.949. The van der Waals surface area contributed by atoms with Gasteiger partial charge in [0.05, 0.1) is 13.5 Å². The molecule has 25 heavy (non-hydrogen) atoms. The summed E-state index contributed by atoms with van der Waals surface area (Å²) in [6.45, 7) is 0. The van der Waals surface area contributed by atoms with Gasteiger partial charge in [-0.3, -0.25) is 24.0 Å². The zero-order valence-corrected chi connectivity index (χ0v) is 13.1. The summed E-state index contributed by atoms with van der Waals surface area (Å²) in [5, 5.41) is 1.97. The van der Waals surface area contributed by atoms with Crippen LogP contribution in [0.3, 0.4) is 0 Å². The van der Waals surface area contributed by atoms with Crippen LogP contribution in [-0.2, 0) is 33.6 Å². The molecule has 1 N–H and O–H groups in total. The number of nitrogens with zero attached hydrogens (tertiary/aromatic N) is 2. The summed E-state index contributed by atoms with van der Waals surface area (Å²) in [4.78, 5) is 66.3. The molecule has 1 aliphatic heterocycles. The van der Waals surface area contributed by atoms with Crippen molar-refractivity contribution in [3.05, 3.63) is 0 Å². The van der Waals surface area contributed by atoms with Crippen molar-refractivity contribution in [3.8, 4) is 0 Å². The molecule has 1 fully saturated rings. The summed E-state index contributed by atoms with van der Waals surface area (Å²) in [5.41, 5.74) is 0. The highest BCUT2D eigenvalue weighted by atomic mass is 19.4. The van der Waals surface area contributed by atoms with E-state index in [0.29, 0.717) is 5.06 Å². The molecule has 13 heteroatoms. The van der Waals surface area contributed by atoms with Crippen LogP contribution in [0.5, 0.6) is 0 Å². The fraction of sp³-hybridized carbons (Fsp3) is 0.583. The van der Waals surface area contributed by atoms with Crippen LogP contribution in [0.25, 0.3) is 0 Å². The van der Waals surface area contributed by atoms with Gasteiger partial charge in [0.15, 0.2) is 0 Å². The van der Waals surface area contributed by atoms with Gasteiger partial charge in [-0.05, 0) is 0 Å². The molecule has 0 spiro atoms. The molecule has 1 rings (SSSR count). The molecule has 1 heterocycles. The number of hydrogen-bond donors (Lipinski definition) is 1.